The minimum absolute atomic E-state index is 0.190. The van der Waals surface area contributed by atoms with Gasteiger partial charge in [-0.25, -0.2) is 0 Å². The molecule has 0 radical (unpaired) electrons. The van der Waals surface area contributed by atoms with Crippen molar-refractivity contribution in [2.24, 2.45) is 0 Å². The van der Waals surface area contributed by atoms with Crippen LogP contribution in [0, 0.1) is 13.8 Å². The van der Waals surface area contributed by atoms with E-state index in [0.29, 0.717) is 13.1 Å². The maximum atomic E-state index is 13.1. The van der Waals surface area contributed by atoms with E-state index in [1.807, 2.05) is 69.3 Å². The second-order valence-corrected chi connectivity index (χ2v) is 6.68. The molecule has 4 heteroatoms. The Labute approximate surface area is 159 Å². The number of amides is 1. The predicted molar refractivity (Wildman–Crippen MR) is 110 cm³/mol. The van der Waals surface area contributed by atoms with Crippen molar-refractivity contribution < 1.29 is 4.79 Å². The molecule has 0 N–H and O–H groups in total. The van der Waals surface area contributed by atoms with Gasteiger partial charge in [-0.15, -0.1) is 0 Å². The lowest BCUT2D eigenvalue weighted by Gasteiger charge is -2.23. The lowest BCUT2D eigenvalue weighted by molar-refractivity contribution is 0.0986. The van der Waals surface area contributed by atoms with Crippen molar-refractivity contribution in [1.29, 1.82) is 0 Å². The van der Waals surface area contributed by atoms with Gasteiger partial charge in [0.15, 0.2) is 0 Å². The van der Waals surface area contributed by atoms with Crippen LogP contribution in [-0.4, -0.2) is 17.0 Å². The van der Waals surface area contributed by atoms with Gasteiger partial charge in [-0.2, -0.15) is 0 Å². The summed E-state index contributed by atoms with van der Waals surface area (Å²) < 4.78 is 1.59. The molecular weight excluding hydrogens is 336 g/mol. The van der Waals surface area contributed by atoms with Crippen LogP contribution in [-0.2, 0) is 6.54 Å². The van der Waals surface area contributed by atoms with Gasteiger partial charge >= 0.3 is 0 Å². The third-order valence-corrected chi connectivity index (χ3v) is 4.69. The SMILES string of the molecule is CCN(C(=O)c1cccn(Cc2ccc(C)cc2)c1=O)c1ccccc1C. The van der Waals surface area contributed by atoms with Crippen molar-refractivity contribution in [2.45, 2.75) is 27.3 Å². The fraction of sp³-hybridized carbons (Fsp3) is 0.217. The van der Waals surface area contributed by atoms with Crippen LogP contribution in [0.4, 0.5) is 5.69 Å². The first-order chi connectivity index (χ1) is 13.0. The van der Waals surface area contributed by atoms with E-state index in [9.17, 15) is 9.59 Å². The largest absolute Gasteiger partial charge is 0.310 e. The highest BCUT2D eigenvalue weighted by Gasteiger charge is 2.21. The van der Waals surface area contributed by atoms with Crippen LogP contribution < -0.4 is 10.5 Å². The van der Waals surface area contributed by atoms with Gasteiger partial charge in [-0.3, -0.25) is 9.59 Å². The molecule has 2 aromatic carbocycles. The molecule has 0 aliphatic heterocycles. The van der Waals surface area contributed by atoms with Crippen LogP contribution >= 0.6 is 0 Å². The van der Waals surface area contributed by atoms with Gasteiger partial charge in [0.1, 0.15) is 5.56 Å². The molecule has 3 rings (SSSR count). The van der Waals surface area contributed by atoms with Gasteiger partial charge in [-0.1, -0.05) is 48.0 Å². The Bertz CT molecular complexity index is 1000. The molecule has 0 atom stereocenters. The summed E-state index contributed by atoms with van der Waals surface area (Å²) in [6.45, 7) is 6.84. The zero-order chi connectivity index (χ0) is 19.4. The Morgan fingerprint density at radius 1 is 0.963 bits per heavy atom. The van der Waals surface area contributed by atoms with E-state index >= 15 is 0 Å². The number of nitrogens with zero attached hydrogens (tertiary/aromatic N) is 2. The molecule has 1 amide bonds. The monoisotopic (exact) mass is 360 g/mol. The molecule has 0 bridgehead atoms. The standard InChI is InChI=1S/C23H24N2O2/c1-4-25(21-10-6-5-8-18(21)3)23(27)20-9-7-15-24(22(20)26)16-19-13-11-17(2)12-14-19/h5-15H,4,16H2,1-3H3. The number of carbonyl (C=O) groups excluding carboxylic acids is 1. The number of para-hydroxylation sites is 1. The molecule has 138 valence electrons. The van der Waals surface area contributed by atoms with E-state index in [2.05, 4.69) is 0 Å². The molecular formula is C23H24N2O2. The molecule has 1 heterocycles. The maximum Gasteiger partial charge on any atom is 0.263 e. The van der Waals surface area contributed by atoms with E-state index in [1.54, 1.807) is 27.8 Å². The lowest BCUT2D eigenvalue weighted by Crippen LogP contribution is -2.37. The van der Waals surface area contributed by atoms with Crippen molar-refractivity contribution in [3.8, 4) is 0 Å². The summed E-state index contributed by atoms with van der Waals surface area (Å²) in [5.41, 5.74) is 3.96. The van der Waals surface area contributed by atoms with Crippen molar-refractivity contribution in [3.63, 3.8) is 0 Å². The van der Waals surface area contributed by atoms with Gasteiger partial charge in [0.25, 0.3) is 11.5 Å². The topological polar surface area (TPSA) is 42.3 Å². The molecule has 27 heavy (non-hydrogen) atoms. The smallest absolute Gasteiger partial charge is 0.263 e. The summed E-state index contributed by atoms with van der Waals surface area (Å²) in [4.78, 5) is 27.7. The Morgan fingerprint density at radius 2 is 1.67 bits per heavy atom. The molecule has 0 fully saturated rings. The summed E-state index contributed by atoms with van der Waals surface area (Å²) in [5, 5.41) is 0. The van der Waals surface area contributed by atoms with E-state index in [1.165, 1.54) is 5.56 Å². The van der Waals surface area contributed by atoms with Crippen LogP contribution in [0.1, 0.15) is 34.0 Å². The molecule has 0 aliphatic rings. The van der Waals surface area contributed by atoms with Gasteiger partial charge in [0, 0.05) is 18.4 Å². The number of aryl methyl sites for hydroxylation is 2. The summed E-state index contributed by atoms with van der Waals surface area (Å²) in [6, 6.07) is 19.1. The first-order valence-electron chi connectivity index (χ1n) is 9.13. The fourth-order valence-corrected chi connectivity index (χ4v) is 3.15. The molecule has 3 aromatic rings. The average molecular weight is 360 g/mol. The van der Waals surface area contributed by atoms with Crippen LogP contribution in [0.3, 0.4) is 0 Å². The molecule has 0 aliphatic carbocycles. The predicted octanol–water partition coefficient (Wildman–Crippen LogP) is 4.18. The number of anilines is 1. The van der Waals surface area contributed by atoms with Gasteiger partial charge < -0.3 is 9.47 Å². The number of aromatic nitrogens is 1. The highest BCUT2D eigenvalue weighted by molar-refractivity contribution is 6.06. The van der Waals surface area contributed by atoms with E-state index in [0.717, 1.165) is 16.8 Å². The van der Waals surface area contributed by atoms with Gasteiger partial charge in [0.2, 0.25) is 0 Å². The third-order valence-electron chi connectivity index (χ3n) is 4.69. The number of pyridine rings is 1. The number of carbonyl (C=O) groups is 1. The van der Waals surface area contributed by atoms with Crippen molar-refractivity contribution in [1.82, 2.24) is 4.57 Å². The van der Waals surface area contributed by atoms with Crippen molar-refractivity contribution in [2.75, 3.05) is 11.4 Å². The minimum Gasteiger partial charge on any atom is -0.310 e. The molecule has 4 nitrogen and oxygen atoms in total. The zero-order valence-corrected chi connectivity index (χ0v) is 16.0. The average Bonchev–Trinajstić information content (AvgIpc) is 2.67. The number of benzene rings is 2. The fourth-order valence-electron chi connectivity index (χ4n) is 3.15. The minimum atomic E-state index is -0.268. The quantitative estimate of drug-likeness (QED) is 0.685. The molecule has 0 spiro atoms. The number of rotatable bonds is 5. The molecule has 0 unspecified atom stereocenters. The summed E-state index contributed by atoms with van der Waals surface area (Å²) in [5.74, 6) is -0.268. The van der Waals surface area contributed by atoms with Crippen LogP contribution in [0.15, 0.2) is 71.7 Å². The van der Waals surface area contributed by atoms with Crippen LogP contribution in [0.5, 0.6) is 0 Å². The van der Waals surface area contributed by atoms with Crippen molar-refractivity contribution in [3.05, 3.63) is 99.5 Å². The third kappa shape index (κ3) is 4.00. The van der Waals surface area contributed by atoms with Crippen LogP contribution in [0.2, 0.25) is 0 Å². The van der Waals surface area contributed by atoms with E-state index in [-0.39, 0.29) is 17.0 Å². The second-order valence-electron chi connectivity index (χ2n) is 6.68. The normalized spacial score (nSPS) is 10.6. The zero-order valence-electron chi connectivity index (χ0n) is 16.0. The van der Waals surface area contributed by atoms with E-state index in [4.69, 9.17) is 0 Å². The van der Waals surface area contributed by atoms with Crippen molar-refractivity contribution >= 4 is 11.6 Å². The Balaban J connectivity index is 1.94. The van der Waals surface area contributed by atoms with E-state index < -0.39 is 0 Å². The van der Waals surface area contributed by atoms with Gasteiger partial charge in [0.05, 0.1) is 6.54 Å². The molecule has 0 saturated heterocycles. The molecule has 1 aromatic heterocycles. The first kappa shape index (κ1) is 18.6. The summed E-state index contributed by atoms with van der Waals surface area (Å²) >= 11 is 0. The Hall–Kier alpha value is -3.14. The van der Waals surface area contributed by atoms with Crippen LogP contribution in [0.25, 0.3) is 0 Å². The Morgan fingerprint density at radius 3 is 2.33 bits per heavy atom. The lowest BCUT2D eigenvalue weighted by atomic mass is 10.1. The highest BCUT2D eigenvalue weighted by Crippen LogP contribution is 2.20. The van der Waals surface area contributed by atoms with Gasteiger partial charge in [-0.05, 0) is 50.1 Å². The second kappa shape index (κ2) is 8.04. The first-order valence-corrected chi connectivity index (χ1v) is 9.13. The summed E-state index contributed by atoms with van der Waals surface area (Å²) in [7, 11) is 0. The highest BCUT2D eigenvalue weighted by atomic mass is 16.2. The Kier molecular flexibility index (Phi) is 5.55. The number of hydrogen-bond acceptors (Lipinski definition) is 2. The molecule has 0 saturated carbocycles. The summed E-state index contributed by atoms with van der Waals surface area (Å²) in [6.07, 6.45) is 1.73. The number of hydrogen-bond donors (Lipinski definition) is 0. The maximum absolute atomic E-state index is 13.1.